The predicted molar refractivity (Wildman–Crippen MR) is 113 cm³/mol. The minimum atomic E-state index is -0.105. The average Bonchev–Trinajstić information content (AvgIpc) is 3.22. The highest BCUT2D eigenvalue weighted by Crippen LogP contribution is 2.35. The molecule has 0 radical (unpaired) electrons. The first-order valence-electron chi connectivity index (χ1n) is 10.4. The molecule has 2 aromatic rings. The van der Waals surface area contributed by atoms with E-state index in [1.54, 1.807) is 11.3 Å². The summed E-state index contributed by atoms with van der Waals surface area (Å²) in [5.41, 5.74) is 1.84. The standard InChI is InChI=1S/C22H24N2O5S/c25-21(23-16-2-3-17-18(13-16)29-10-9-28-17)14-1-4-19-15(11-14)12-20(30-19)22(26)24-5-7-27-8-6-24/h2-3,12-14H,1,4-11H2,(H,23,25). The minimum Gasteiger partial charge on any atom is -0.486 e. The minimum absolute atomic E-state index is 0.00424. The highest BCUT2D eigenvalue weighted by atomic mass is 32.1. The lowest BCUT2D eigenvalue weighted by atomic mass is 9.87. The number of fused-ring (bicyclic) bond motifs is 2. The van der Waals surface area contributed by atoms with Crippen molar-refractivity contribution in [1.29, 1.82) is 0 Å². The van der Waals surface area contributed by atoms with Gasteiger partial charge in [0, 0.05) is 35.6 Å². The van der Waals surface area contributed by atoms with E-state index in [1.165, 1.54) is 4.88 Å². The van der Waals surface area contributed by atoms with E-state index in [1.807, 2.05) is 29.2 Å². The van der Waals surface area contributed by atoms with Crippen LogP contribution in [0.4, 0.5) is 5.69 Å². The number of benzene rings is 1. The van der Waals surface area contributed by atoms with Gasteiger partial charge in [-0.2, -0.15) is 0 Å². The molecule has 1 fully saturated rings. The van der Waals surface area contributed by atoms with Gasteiger partial charge >= 0.3 is 0 Å². The van der Waals surface area contributed by atoms with Crippen LogP contribution in [0.25, 0.3) is 0 Å². The number of ether oxygens (including phenoxy) is 3. The molecule has 0 spiro atoms. The summed E-state index contributed by atoms with van der Waals surface area (Å²) >= 11 is 1.58. The van der Waals surface area contributed by atoms with Gasteiger partial charge in [-0.15, -0.1) is 11.3 Å². The van der Waals surface area contributed by atoms with Crippen LogP contribution in [0.15, 0.2) is 24.3 Å². The molecule has 1 aliphatic carbocycles. The summed E-state index contributed by atoms with van der Waals surface area (Å²) in [7, 11) is 0. The number of hydrogen-bond donors (Lipinski definition) is 1. The van der Waals surface area contributed by atoms with Crippen LogP contribution in [0.1, 0.15) is 26.5 Å². The Morgan fingerprint density at radius 2 is 1.83 bits per heavy atom. The van der Waals surface area contributed by atoms with Crippen molar-refractivity contribution in [3.63, 3.8) is 0 Å². The topological polar surface area (TPSA) is 77.1 Å². The molecule has 1 saturated heterocycles. The molecular formula is C22H24N2O5S. The van der Waals surface area contributed by atoms with E-state index in [-0.39, 0.29) is 17.7 Å². The zero-order valence-electron chi connectivity index (χ0n) is 16.6. The Kier molecular flexibility index (Phi) is 5.35. The molecule has 2 amide bonds. The van der Waals surface area contributed by atoms with Gasteiger partial charge in [0.1, 0.15) is 13.2 Å². The van der Waals surface area contributed by atoms with Gasteiger partial charge in [-0.1, -0.05) is 0 Å². The number of nitrogens with one attached hydrogen (secondary N) is 1. The fourth-order valence-electron chi connectivity index (χ4n) is 4.14. The molecule has 1 atom stereocenters. The highest BCUT2D eigenvalue weighted by molar-refractivity contribution is 7.14. The molecule has 0 bridgehead atoms. The maximum atomic E-state index is 12.9. The number of rotatable bonds is 3. The Labute approximate surface area is 178 Å². The quantitative estimate of drug-likeness (QED) is 0.814. The van der Waals surface area contributed by atoms with Crippen molar-refractivity contribution in [2.75, 3.05) is 44.8 Å². The Bertz CT molecular complexity index is 966. The van der Waals surface area contributed by atoms with Gasteiger partial charge in [0.15, 0.2) is 11.5 Å². The van der Waals surface area contributed by atoms with Crippen LogP contribution in [-0.2, 0) is 22.4 Å². The lowest BCUT2D eigenvalue weighted by molar-refractivity contribution is -0.120. The number of morpholine rings is 1. The third-order valence-electron chi connectivity index (χ3n) is 5.77. The number of aryl methyl sites for hydroxylation is 1. The molecule has 1 N–H and O–H groups in total. The average molecular weight is 429 g/mol. The van der Waals surface area contributed by atoms with Crippen LogP contribution in [-0.4, -0.2) is 56.2 Å². The van der Waals surface area contributed by atoms with Crippen molar-refractivity contribution in [3.05, 3.63) is 39.6 Å². The van der Waals surface area contributed by atoms with Crippen LogP contribution in [0, 0.1) is 5.92 Å². The van der Waals surface area contributed by atoms with E-state index in [4.69, 9.17) is 14.2 Å². The van der Waals surface area contributed by atoms with E-state index in [0.29, 0.717) is 63.1 Å². The van der Waals surface area contributed by atoms with Crippen molar-refractivity contribution in [2.45, 2.75) is 19.3 Å². The molecule has 1 aromatic heterocycles. The summed E-state index contributed by atoms with van der Waals surface area (Å²) in [5, 5.41) is 3.01. The molecule has 3 heterocycles. The number of hydrogen-bond acceptors (Lipinski definition) is 6. The molecule has 30 heavy (non-hydrogen) atoms. The molecule has 7 nitrogen and oxygen atoms in total. The third kappa shape index (κ3) is 3.89. The Hall–Kier alpha value is -2.58. The van der Waals surface area contributed by atoms with Gasteiger partial charge in [-0.25, -0.2) is 0 Å². The van der Waals surface area contributed by atoms with Gasteiger partial charge in [-0.3, -0.25) is 9.59 Å². The fourth-order valence-corrected chi connectivity index (χ4v) is 5.32. The Morgan fingerprint density at radius 1 is 1.03 bits per heavy atom. The summed E-state index contributed by atoms with van der Waals surface area (Å²) < 4.78 is 16.5. The summed E-state index contributed by atoms with van der Waals surface area (Å²) in [6.07, 6.45) is 2.28. The van der Waals surface area contributed by atoms with Crippen molar-refractivity contribution in [1.82, 2.24) is 4.90 Å². The van der Waals surface area contributed by atoms with Crippen molar-refractivity contribution >= 4 is 28.8 Å². The largest absolute Gasteiger partial charge is 0.486 e. The normalized spacial score (nSPS) is 20.4. The van der Waals surface area contributed by atoms with E-state index in [2.05, 4.69) is 5.32 Å². The molecule has 158 valence electrons. The number of anilines is 1. The first kappa shape index (κ1) is 19.4. The number of nitrogens with zero attached hydrogens (tertiary/aromatic N) is 1. The number of carbonyl (C=O) groups excluding carboxylic acids is 2. The first-order valence-corrected chi connectivity index (χ1v) is 11.2. The van der Waals surface area contributed by atoms with E-state index in [9.17, 15) is 9.59 Å². The Balaban J connectivity index is 1.24. The molecule has 5 rings (SSSR count). The second kappa shape index (κ2) is 8.28. The van der Waals surface area contributed by atoms with Crippen molar-refractivity contribution < 1.29 is 23.8 Å². The van der Waals surface area contributed by atoms with Gasteiger partial charge in [0.05, 0.1) is 18.1 Å². The van der Waals surface area contributed by atoms with Gasteiger partial charge in [-0.05, 0) is 43.0 Å². The molecule has 8 heteroatoms. The smallest absolute Gasteiger partial charge is 0.264 e. The molecular weight excluding hydrogens is 404 g/mol. The van der Waals surface area contributed by atoms with Crippen molar-refractivity contribution in [3.8, 4) is 11.5 Å². The molecule has 1 unspecified atom stereocenters. The molecule has 1 aromatic carbocycles. The lowest BCUT2D eigenvalue weighted by Gasteiger charge is -2.26. The zero-order chi connectivity index (χ0) is 20.5. The number of carbonyl (C=O) groups is 2. The highest BCUT2D eigenvalue weighted by Gasteiger charge is 2.29. The summed E-state index contributed by atoms with van der Waals surface area (Å²) in [4.78, 5) is 29.5. The lowest BCUT2D eigenvalue weighted by Crippen LogP contribution is -2.40. The number of thiophene rings is 1. The van der Waals surface area contributed by atoms with E-state index >= 15 is 0 Å². The van der Waals surface area contributed by atoms with E-state index in [0.717, 1.165) is 23.3 Å². The van der Waals surface area contributed by atoms with Crippen LogP contribution in [0.2, 0.25) is 0 Å². The maximum absolute atomic E-state index is 12.9. The van der Waals surface area contributed by atoms with Crippen molar-refractivity contribution in [2.24, 2.45) is 5.92 Å². The predicted octanol–water partition coefficient (Wildman–Crippen LogP) is 2.74. The van der Waals surface area contributed by atoms with Crippen LogP contribution in [0.3, 0.4) is 0 Å². The summed E-state index contributed by atoms with van der Waals surface area (Å²) in [5.74, 6) is 1.34. The first-order chi connectivity index (χ1) is 14.7. The molecule has 2 aliphatic heterocycles. The van der Waals surface area contributed by atoms with Gasteiger partial charge in [0.2, 0.25) is 5.91 Å². The molecule has 0 saturated carbocycles. The molecule has 3 aliphatic rings. The maximum Gasteiger partial charge on any atom is 0.264 e. The SMILES string of the molecule is O=C(Nc1ccc2c(c1)OCCO2)C1CCc2sc(C(=O)N3CCOCC3)cc2C1. The van der Waals surface area contributed by atoms with Crippen LogP contribution >= 0.6 is 11.3 Å². The fraction of sp³-hybridized carbons (Fsp3) is 0.455. The third-order valence-corrected chi connectivity index (χ3v) is 7.00. The second-order valence-corrected chi connectivity index (χ2v) is 8.89. The van der Waals surface area contributed by atoms with Gasteiger partial charge in [0.25, 0.3) is 5.91 Å². The Morgan fingerprint density at radius 3 is 2.67 bits per heavy atom. The number of amides is 2. The monoisotopic (exact) mass is 428 g/mol. The summed E-state index contributed by atoms with van der Waals surface area (Å²) in [6, 6.07) is 7.46. The van der Waals surface area contributed by atoms with Crippen LogP contribution < -0.4 is 14.8 Å². The second-order valence-electron chi connectivity index (χ2n) is 7.75. The van der Waals surface area contributed by atoms with Crippen LogP contribution in [0.5, 0.6) is 11.5 Å². The zero-order valence-corrected chi connectivity index (χ0v) is 17.5. The van der Waals surface area contributed by atoms with E-state index < -0.39 is 0 Å². The van der Waals surface area contributed by atoms with Gasteiger partial charge < -0.3 is 24.4 Å². The summed E-state index contributed by atoms with van der Waals surface area (Å²) in [6.45, 7) is 3.53.